The molecular formula is C17H26Cl2N2. The van der Waals surface area contributed by atoms with Gasteiger partial charge in [0, 0.05) is 19.6 Å². The number of hydrogen-bond acceptors (Lipinski definition) is 2. The van der Waals surface area contributed by atoms with E-state index in [2.05, 4.69) is 23.2 Å². The fourth-order valence-electron chi connectivity index (χ4n) is 2.96. The Morgan fingerprint density at radius 3 is 2.57 bits per heavy atom. The van der Waals surface area contributed by atoms with Gasteiger partial charge in [0.15, 0.2) is 0 Å². The summed E-state index contributed by atoms with van der Waals surface area (Å²) in [7, 11) is 0. The Morgan fingerprint density at radius 1 is 1.14 bits per heavy atom. The minimum atomic E-state index is 0.501. The van der Waals surface area contributed by atoms with Crippen molar-refractivity contribution in [1.82, 2.24) is 10.2 Å². The molecule has 0 aromatic heterocycles. The summed E-state index contributed by atoms with van der Waals surface area (Å²) in [5, 5.41) is 4.88. The molecule has 0 spiro atoms. The van der Waals surface area contributed by atoms with Crippen molar-refractivity contribution < 1.29 is 0 Å². The van der Waals surface area contributed by atoms with E-state index >= 15 is 0 Å². The molecule has 4 heteroatoms. The smallest absolute Gasteiger partial charge is 0.0595 e. The molecule has 0 amide bonds. The largest absolute Gasteiger partial charge is 0.315 e. The normalized spacial score (nSPS) is 17.9. The van der Waals surface area contributed by atoms with E-state index in [4.69, 9.17) is 23.2 Å². The lowest BCUT2D eigenvalue weighted by Crippen LogP contribution is -2.36. The van der Waals surface area contributed by atoms with Crippen LogP contribution in [0.4, 0.5) is 0 Å². The molecule has 118 valence electrons. The van der Waals surface area contributed by atoms with Gasteiger partial charge < -0.3 is 10.2 Å². The van der Waals surface area contributed by atoms with E-state index in [9.17, 15) is 0 Å². The zero-order valence-corrected chi connectivity index (χ0v) is 14.4. The molecule has 1 heterocycles. The fraction of sp³-hybridized carbons (Fsp3) is 0.647. The third-order valence-electron chi connectivity index (χ3n) is 4.35. The van der Waals surface area contributed by atoms with Gasteiger partial charge in [0.25, 0.3) is 0 Å². The van der Waals surface area contributed by atoms with Gasteiger partial charge >= 0.3 is 0 Å². The van der Waals surface area contributed by atoms with Gasteiger partial charge in [-0.15, -0.1) is 0 Å². The molecule has 1 atom stereocenters. The van der Waals surface area contributed by atoms with Crippen molar-refractivity contribution in [3.05, 3.63) is 33.8 Å². The van der Waals surface area contributed by atoms with Crippen LogP contribution in [-0.2, 0) is 0 Å². The summed E-state index contributed by atoms with van der Waals surface area (Å²) in [6, 6.07) is 5.99. The van der Waals surface area contributed by atoms with Crippen LogP contribution in [0.2, 0.25) is 10.0 Å². The average molecular weight is 329 g/mol. The second-order valence-corrected chi connectivity index (χ2v) is 6.70. The number of nitrogens with zero attached hydrogens (tertiary/aromatic N) is 1. The van der Waals surface area contributed by atoms with Gasteiger partial charge in [-0.25, -0.2) is 0 Å². The van der Waals surface area contributed by atoms with Crippen molar-refractivity contribution in [2.24, 2.45) is 0 Å². The Labute approximate surface area is 138 Å². The minimum absolute atomic E-state index is 0.501. The van der Waals surface area contributed by atoms with Crippen LogP contribution in [-0.4, -0.2) is 37.6 Å². The molecule has 2 nitrogen and oxygen atoms in total. The van der Waals surface area contributed by atoms with Crippen molar-refractivity contribution in [3.8, 4) is 0 Å². The molecule has 1 aliphatic rings. The molecular weight excluding hydrogens is 303 g/mol. The summed E-state index contributed by atoms with van der Waals surface area (Å²) in [6.07, 6.45) is 5.23. The van der Waals surface area contributed by atoms with Crippen LogP contribution < -0.4 is 5.32 Å². The number of halogens is 2. The maximum Gasteiger partial charge on any atom is 0.0595 e. The van der Waals surface area contributed by atoms with Crippen LogP contribution >= 0.6 is 23.2 Å². The van der Waals surface area contributed by atoms with E-state index in [1.54, 1.807) is 0 Å². The fourth-order valence-corrected chi connectivity index (χ4v) is 3.27. The second-order valence-electron chi connectivity index (χ2n) is 5.89. The van der Waals surface area contributed by atoms with Crippen molar-refractivity contribution in [2.45, 2.75) is 38.5 Å². The average Bonchev–Trinajstić information content (AvgIpc) is 2.51. The maximum atomic E-state index is 6.12. The quantitative estimate of drug-likeness (QED) is 0.738. The Hall–Kier alpha value is -0.280. The highest BCUT2D eigenvalue weighted by Gasteiger charge is 2.12. The Balaban J connectivity index is 1.75. The molecule has 1 fully saturated rings. The van der Waals surface area contributed by atoms with Gasteiger partial charge in [-0.05, 0) is 56.0 Å². The molecule has 0 saturated carbocycles. The first-order valence-corrected chi connectivity index (χ1v) is 8.84. The minimum Gasteiger partial charge on any atom is -0.315 e. The maximum absolute atomic E-state index is 6.12. The zero-order chi connectivity index (χ0) is 15.1. The molecule has 1 aliphatic heterocycles. The molecule has 1 aromatic carbocycles. The Kier molecular flexibility index (Phi) is 7.31. The van der Waals surface area contributed by atoms with Gasteiger partial charge in [-0.1, -0.05) is 42.6 Å². The zero-order valence-electron chi connectivity index (χ0n) is 12.9. The van der Waals surface area contributed by atoms with Crippen LogP contribution in [0.15, 0.2) is 18.2 Å². The topological polar surface area (TPSA) is 15.3 Å². The van der Waals surface area contributed by atoms with Gasteiger partial charge in [-0.2, -0.15) is 0 Å². The van der Waals surface area contributed by atoms with Crippen molar-refractivity contribution in [1.29, 1.82) is 0 Å². The van der Waals surface area contributed by atoms with Gasteiger partial charge in [0.2, 0.25) is 0 Å². The van der Waals surface area contributed by atoms with Crippen molar-refractivity contribution in [3.63, 3.8) is 0 Å². The Morgan fingerprint density at radius 2 is 1.90 bits per heavy atom. The summed E-state index contributed by atoms with van der Waals surface area (Å²) in [5.41, 5.74) is 1.28. The molecule has 1 aromatic rings. The number of nitrogens with one attached hydrogen (secondary N) is 1. The number of hydrogen-bond donors (Lipinski definition) is 1. The molecule has 1 N–H and O–H groups in total. The highest BCUT2D eigenvalue weighted by molar-refractivity contribution is 6.42. The monoisotopic (exact) mass is 328 g/mol. The second kappa shape index (κ2) is 8.99. The van der Waals surface area contributed by atoms with Crippen LogP contribution in [0.5, 0.6) is 0 Å². The first-order valence-electron chi connectivity index (χ1n) is 8.08. The lowest BCUT2D eigenvalue weighted by atomic mass is 9.96. The SMILES string of the molecule is CCC(CNCCN1CCCCC1)c1ccc(Cl)c(Cl)c1. The summed E-state index contributed by atoms with van der Waals surface area (Å²) in [4.78, 5) is 2.57. The van der Waals surface area contributed by atoms with E-state index in [1.807, 2.05) is 12.1 Å². The number of benzene rings is 1. The summed E-state index contributed by atoms with van der Waals surface area (Å²) in [6.45, 7) is 7.99. The third kappa shape index (κ3) is 5.45. The molecule has 1 saturated heterocycles. The first kappa shape index (κ1) is 17.1. The molecule has 0 radical (unpaired) electrons. The number of rotatable bonds is 7. The van der Waals surface area contributed by atoms with E-state index < -0.39 is 0 Å². The van der Waals surface area contributed by atoms with E-state index in [-0.39, 0.29) is 0 Å². The first-order chi connectivity index (χ1) is 10.2. The van der Waals surface area contributed by atoms with Crippen LogP contribution in [0.1, 0.15) is 44.1 Å². The van der Waals surface area contributed by atoms with Gasteiger partial charge in [0.05, 0.1) is 10.0 Å². The molecule has 21 heavy (non-hydrogen) atoms. The summed E-state index contributed by atoms with van der Waals surface area (Å²) >= 11 is 12.1. The van der Waals surface area contributed by atoms with E-state index in [1.165, 1.54) is 37.9 Å². The molecule has 0 aliphatic carbocycles. The van der Waals surface area contributed by atoms with Crippen LogP contribution in [0.3, 0.4) is 0 Å². The van der Waals surface area contributed by atoms with Crippen molar-refractivity contribution >= 4 is 23.2 Å². The van der Waals surface area contributed by atoms with Crippen LogP contribution in [0.25, 0.3) is 0 Å². The van der Waals surface area contributed by atoms with Crippen molar-refractivity contribution in [2.75, 3.05) is 32.7 Å². The predicted molar refractivity (Wildman–Crippen MR) is 92.7 cm³/mol. The summed E-state index contributed by atoms with van der Waals surface area (Å²) in [5.74, 6) is 0.501. The van der Waals surface area contributed by atoms with E-state index in [0.717, 1.165) is 26.1 Å². The molecule has 1 unspecified atom stereocenters. The predicted octanol–water partition coefficient (Wildman–Crippen LogP) is 4.56. The standard InChI is InChI=1S/C17H26Cl2N2/c1-2-14(15-6-7-16(18)17(19)12-15)13-20-8-11-21-9-4-3-5-10-21/h6-7,12,14,20H,2-5,8-11,13H2,1H3. The highest BCUT2D eigenvalue weighted by atomic mass is 35.5. The lowest BCUT2D eigenvalue weighted by molar-refractivity contribution is 0.228. The van der Waals surface area contributed by atoms with Gasteiger partial charge in [0.1, 0.15) is 0 Å². The third-order valence-corrected chi connectivity index (χ3v) is 5.09. The number of piperidine rings is 1. The van der Waals surface area contributed by atoms with Gasteiger partial charge in [-0.3, -0.25) is 0 Å². The molecule has 2 rings (SSSR count). The number of likely N-dealkylation sites (tertiary alicyclic amines) is 1. The lowest BCUT2D eigenvalue weighted by Gasteiger charge is -2.26. The Bertz CT molecular complexity index is 431. The summed E-state index contributed by atoms with van der Waals surface area (Å²) < 4.78 is 0. The van der Waals surface area contributed by atoms with Crippen LogP contribution in [0, 0.1) is 0 Å². The van der Waals surface area contributed by atoms with E-state index in [0.29, 0.717) is 16.0 Å². The highest BCUT2D eigenvalue weighted by Crippen LogP contribution is 2.27. The molecule has 0 bridgehead atoms.